The molecule has 92 valence electrons. The van der Waals surface area contributed by atoms with Gasteiger partial charge in [0.2, 0.25) is 0 Å². The quantitative estimate of drug-likeness (QED) is 0.815. The number of nitrogen functional groups attached to an aromatic ring is 1. The van der Waals surface area contributed by atoms with Crippen molar-refractivity contribution in [1.82, 2.24) is 9.78 Å². The van der Waals surface area contributed by atoms with Crippen LogP contribution >= 0.6 is 37.2 Å². The second-order valence-corrected chi connectivity index (χ2v) is 3.50. The van der Waals surface area contributed by atoms with Crippen molar-refractivity contribution in [3.8, 4) is 0 Å². The summed E-state index contributed by atoms with van der Waals surface area (Å²) < 4.78 is 1.99. The Kier molecular flexibility index (Phi) is 7.58. The Balaban J connectivity index is 0. The number of halogens is 3. The van der Waals surface area contributed by atoms with Crippen LogP contribution in [-0.4, -0.2) is 9.78 Å². The highest BCUT2D eigenvalue weighted by molar-refractivity contribution is 5.86. The molecule has 0 aliphatic rings. The molecule has 0 saturated carbocycles. The molecule has 1 aromatic carbocycles. The molecule has 3 nitrogen and oxygen atoms in total. The predicted octanol–water partition coefficient (Wildman–Crippen LogP) is 3.46. The minimum absolute atomic E-state index is 0. The predicted molar refractivity (Wildman–Crippen MR) is 76.3 cm³/mol. The van der Waals surface area contributed by atoms with Crippen LogP contribution in [0.2, 0.25) is 0 Å². The first kappa shape index (κ1) is 17.7. The van der Waals surface area contributed by atoms with Gasteiger partial charge in [0.05, 0.1) is 11.7 Å². The van der Waals surface area contributed by atoms with Gasteiger partial charge in [-0.1, -0.05) is 0 Å². The van der Waals surface area contributed by atoms with E-state index in [-0.39, 0.29) is 37.2 Å². The molecule has 2 aromatic rings. The van der Waals surface area contributed by atoms with Crippen LogP contribution in [0, 0.1) is 0 Å². The lowest BCUT2D eigenvalue weighted by Crippen LogP contribution is -2.01. The number of hydrogen-bond acceptors (Lipinski definition) is 2. The highest BCUT2D eigenvalue weighted by Crippen LogP contribution is 2.19. The van der Waals surface area contributed by atoms with Crippen molar-refractivity contribution >= 4 is 53.8 Å². The number of aromatic nitrogens is 2. The maximum Gasteiger partial charge on any atom is 0.0686 e. The molecule has 0 unspecified atom stereocenters. The summed E-state index contributed by atoms with van der Waals surface area (Å²) in [4.78, 5) is 0. The second kappa shape index (κ2) is 6.84. The van der Waals surface area contributed by atoms with Crippen molar-refractivity contribution in [2.45, 2.75) is 19.9 Å². The van der Waals surface area contributed by atoms with Gasteiger partial charge in [-0.05, 0) is 32.0 Å². The summed E-state index contributed by atoms with van der Waals surface area (Å²) >= 11 is 0. The van der Waals surface area contributed by atoms with Crippen molar-refractivity contribution in [1.29, 1.82) is 0 Å². The molecule has 0 aliphatic carbocycles. The van der Waals surface area contributed by atoms with E-state index in [9.17, 15) is 0 Å². The zero-order chi connectivity index (χ0) is 9.42. The Bertz CT molecular complexity index is 440. The third-order valence-electron chi connectivity index (χ3n) is 2.11. The Morgan fingerprint density at radius 3 is 2.38 bits per heavy atom. The lowest BCUT2D eigenvalue weighted by molar-refractivity contribution is 0.551. The minimum Gasteiger partial charge on any atom is -0.399 e. The van der Waals surface area contributed by atoms with Crippen LogP contribution in [0.15, 0.2) is 24.4 Å². The first-order chi connectivity index (χ1) is 6.18. The maximum absolute atomic E-state index is 5.67. The molecule has 0 aliphatic heterocycles. The smallest absolute Gasteiger partial charge is 0.0686 e. The number of fused-ring (bicyclic) bond motifs is 1. The van der Waals surface area contributed by atoms with Gasteiger partial charge in [-0.15, -0.1) is 37.2 Å². The molecule has 1 aromatic heterocycles. The molecule has 6 heteroatoms. The number of nitrogens with two attached hydrogens (primary N) is 1. The van der Waals surface area contributed by atoms with Gasteiger partial charge in [0.25, 0.3) is 0 Å². The molecule has 0 atom stereocenters. The van der Waals surface area contributed by atoms with Crippen LogP contribution in [0.4, 0.5) is 5.69 Å². The minimum atomic E-state index is 0. The van der Waals surface area contributed by atoms with E-state index >= 15 is 0 Å². The molecular formula is C10H16Cl3N3. The summed E-state index contributed by atoms with van der Waals surface area (Å²) in [6.45, 7) is 4.23. The maximum atomic E-state index is 5.67. The fraction of sp³-hybridized carbons (Fsp3) is 0.300. The first-order valence-corrected chi connectivity index (χ1v) is 4.41. The number of anilines is 1. The van der Waals surface area contributed by atoms with Crippen molar-refractivity contribution in [3.05, 3.63) is 24.4 Å². The molecule has 2 N–H and O–H groups in total. The van der Waals surface area contributed by atoms with Crippen LogP contribution in [0.1, 0.15) is 19.9 Å². The number of nitrogens with zero attached hydrogens (tertiary/aromatic N) is 2. The first-order valence-electron chi connectivity index (χ1n) is 4.41. The standard InChI is InChI=1S/C10H13N3.3ClH/c1-7(2)13-10-4-3-9(11)5-8(10)6-12-13;;;/h3-7H,11H2,1-2H3;3*1H. The van der Waals surface area contributed by atoms with Gasteiger partial charge in [-0.3, -0.25) is 4.68 Å². The normalized spacial score (nSPS) is 9.19. The van der Waals surface area contributed by atoms with E-state index in [1.54, 1.807) is 0 Å². The van der Waals surface area contributed by atoms with Gasteiger partial charge in [0.15, 0.2) is 0 Å². The van der Waals surface area contributed by atoms with Gasteiger partial charge in [0.1, 0.15) is 0 Å². The summed E-state index contributed by atoms with van der Waals surface area (Å²) in [7, 11) is 0. The average molecular weight is 285 g/mol. The van der Waals surface area contributed by atoms with Crippen molar-refractivity contribution < 1.29 is 0 Å². The van der Waals surface area contributed by atoms with Crippen LogP contribution in [0.5, 0.6) is 0 Å². The molecule has 1 heterocycles. The van der Waals surface area contributed by atoms with E-state index in [1.165, 1.54) is 0 Å². The number of rotatable bonds is 1. The fourth-order valence-corrected chi connectivity index (χ4v) is 1.48. The molecule has 2 rings (SSSR count). The van der Waals surface area contributed by atoms with E-state index in [0.29, 0.717) is 6.04 Å². The molecule has 0 amide bonds. The monoisotopic (exact) mass is 283 g/mol. The molecule has 16 heavy (non-hydrogen) atoms. The van der Waals surface area contributed by atoms with Crippen molar-refractivity contribution in [2.24, 2.45) is 0 Å². The zero-order valence-electron chi connectivity index (χ0n) is 9.08. The van der Waals surface area contributed by atoms with Crippen LogP contribution in [0.3, 0.4) is 0 Å². The van der Waals surface area contributed by atoms with Crippen molar-refractivity contribution in [2.75, 3.05) is 5.73 Å². The van der Waals surface area contributed by atoms with Gasteiger partial charge in [0, 0.05) is 17.1 Å². The average Bonchev–Trinajstić information content (AvgIpc) is 2.46. The second-order valence-electron chi connectivity index (χ2n) is 3.50. The number of hydrogen-bond donors (Lipinski definition) is 1. The molecule has 0 saturated heterocycles. The van der Waals surface area contributed by atoms with E-state index in [1.807, 2.05) is 29.1 Å². The largest absolute Gasteiger partial charge is 0.399 e. The Morgan fingerprint density at radius 2 is 1.81 bits per heavy atom. The van der Waals surface area contributed by atoms with Gasteiger partial charge in [-0.2, -0.15) is 5.10 Å². The van der Waals surface area contributed by atoms with Gasteiger partial charge >= 0.3 is 0 Å². The summed E-state index contributed by atoms with van der Waals surface area (Å²) in [5.74, 6) is 0. The molecule has 0 radical (unpaired) electrons. The van der Waals surface area contributed by atoms with E-state index in [2.05, 4.69) is 18.9 Å². The fourth-order valence-electron chi connectivity index (χ4n) is 1.48. The Morgan fingerprint density at radius 1 is 1.19 bits per heavy atom. The Hall–Kier alpha value is -0.640. The van der Waals surface area contributed by atoms with Gasteiger partial charge in [-0.25, -0.2) is 0 Å². The van der Waals surface area contributed by atoms with E-state index < -0.39 is 0 Å². The SMILES string of the molecule is CC(C)n1ncc2cc(N)ccc21.Cl.Cl.Cl. The topological polar surface area (TPSA) is 43.8 Å². The third-order valence-corrected chi connectivity index (χ3v) is 2.11. The Labute approximate surface area is 114 Å². The van der Waals surface area contributed by atoms with Gasteiger partial charge < -0.3 is 5.73 Å². The van der Waals surface area contributed by atoms with Crippen LogP contribution in [-0.2, 0) is 0 Å². The van der Waals surface area contributed by atoms with Crippen LogP contribution < -0.4 is 5.73 Å². The third kappa shape index (κ3) is 3.17. The summed E-state index contributed by atoms with van der Waals surface area (Å²) in [6, 6.07) is 6.25. The molecular weight excluding hydrogens is 268 g/mol. The summed E-state index contributed by atoms with van der Waals surface area (Å²) in [6.07, 6.45) is 1.85. The lowest BCUT2D eigenvalue weighted by Gasteiger charge is -2.06. The zero-order valence-corrected chi connectivity index (χ0v) is 11.5. The van der Waals surface area contributed by atoms with Crippen molar-refractivity contribution in [3.63, 3.8) is 0 Å². The molecule has 0 fully saturated rings. The van der Waals surface area contributed by atoms with Crippen LogP contribution in [0.25, 0.3) is 10.9 Å². The van der Waals surface area contributed by atoms with E-state index in [0.717, 1.165) is 16.6 Å². The summed E-state index contributed by atoms with van der Waals surface area (Å²) in [5, 5.41) is 5.40. The molecule has 0 bridgehead atoms. The highest BCUT2D eigenvalue weighted by atomic mass is 35.5. The highest BCUT2D eigenvalue weighted by Gasteiger charge is 2.04. The number of benzene rings is 1. The lowest BCUT2D eigenvalue weighted by atomic mass is 10.2. The summed E-state index contributed by atoms with van der Waals surface area (Å²) in [5.41, 5.74) is 7.60. The molecule has 0 spiro atoms. The van der Waals surface area contributed by atoms with E-state index in [4.69, 9.17) is 5.73 Å².